The first-order chi connectivity index (χ1) is 12.1. The van der Waals surface area contributed by atoms with Crippen molar-refractivity contribution in [1.82, 2.24) is 10.2 Å². The van der Waals surface area contributed by atoms with E-state index in [9.17, 15) is 9.59 Å². The van der Waals surface area contributed by atoms with Crippen LogP contribution in [0.3, 0.4) is 0 Å². The van der Waals surface area contributed by atoms with Gasteiger partial charge in [-0.05, 0) is 32.0 Å². The van der Waals surface area contributed by atoms with Gasteiger partial charge in [-0.15, -0.1) is 0 Å². The van der Waals surface area contributed by atoms with Gasteiger partial charge in [-0.2, -0.15) is 0 Å². The summed E-state index contributed by atoms with van der Waals surface area (Å²) < 4.78 is 16.0. The van der Waals surface area contributed by atoms with Crippen molar-refractivity contribution in [3.8, 4) is 5.75 Å². The minimum Gasteiger partial charge on any atom is -0.491 e. The van der Waals surface area contributed by atoms with Crippen molar-refractivity contribution in [2.24, 2.45) is 0 Å². The summed E-state index contributed by atoms with van der Waals surface area (Å²) >= 11 is 0. The van der Waals surface area contributed by atoms with E-state index in [2.05, 4.69) is 5.32 Å². The number of nitrogens with one attached hydrogen (secondary N) is 1. The molecule has 2 rings (SSSR count). The lowest BCUT2D eigenvalue weighted by Gasteiger charge is -2.26. The summed E-state index contributed by atoms with van der Waals surface area (Å²) in [6.07, 6.45) is 0. The maximum atomic E-state index is 12.4. The summed E-state index contributed by atoms with van der Waals surface area (Å²) in [7, 11) is 1.58. The summed E-state index contributed by atoms with van der Waals surface area (Å²) in [5.41, 5.74) is 1.35. The number of nitrogens with zero attached hydrogens (tertiary/aromatic N) is 1. The normalized spacial score (nSPS) is 16.6. The number of rotatable bonds is 7. The fourth-order valence-electron chi connectivity index (χ4n) is 2.60. The summed E-state index contributed by atoms with van der Waals surface area (Å²) in [6, 6.07) is 5.21. The number of benzene rings is 1. The second-order valence-corrected chi connectivity index (χ2v) is 5.89. The van der Waals surface area contributed by atoms with Crippen LogP contribution in [-0.4, -0.2) is 62.8 Å². The van der Waals surface area contributed by atoms with E-state index >= 15 is 0 Å². The molecule has 1 atom stereocenters. The standard InChI is InChI=1S/C18H26N2O5/c1-4-24-12-17(21)20-10-15-9-14(18(22)19-7-8-23-3)5-6-16(15)25-11-13(20)2/h5-6,9,13H,4,7-8,10-12H2,1-3H3,(H,19,22)/t13-/m0/s1. The maximum absolute atomic E-state index is 12.4. The molecule has 138 valence electrons. The van der Waals surface area contributed by atoms with Crippen LogP contribution in [0.25, 0.3) is 0 Å². The molecule has 0 fully saturated rings. The van der Waals surface area contributed by atoms with E-state index in [-0.39, 0.29) is 24.5 Å². The number of amides is 2. The molecule has 1 aliphatic rings. The van der Waals surface area contributed by atoms with E-state index in [0.717, 1.165) is 5.56 Å². The molecule has 0 aromatic heterocycles. The Hall–Kier alpha value is -2.12. The zero-order valence-corrected chi connectivity index (χ0v) is 15.0. The van der Waals surface area contributed by atoms with Crippen molar-refractivity contribution in [2.45, 2.75) is 26.4 Å². The first-order valence-corrected chi connectivity index (χ1v) is 8.46. The third kappa shape index (κ3) is 5.17. The predicted molar refractivity (Wildman–Crippen MR) is 92.7 cm³/mol. The Labute approximate surface area is 148 Å². The number of methoxy groups -OCH3 is 1. The molecule has 25 heavy (non-hydrogen) atoms. The molecular formula is C18H26N2O5. The number of hydrogen-bond acceptors (Lipinski definition) is 5. The molecular weight excluding hydrogens is 324 g/mol. The minimum absolute atomic E-state index is 0.0490. The number of hydrogen-bond donors (Lipinski definition) is 1. The Morgan fingerprint density at radius 1 is 1.40 bits per heavy atom. The highest BCUT2D eigenvalue weighted by molar-refractivity contribution is 5.94. The van der Waals surface area contributed by atoms with Crippen molar-refractivity contribution in [3.63, 3.8) is 0 Å². The van der Waals surface area contributed by atoms with Gasteiger partial charge in [0.05, 0.1) is 12.6 Å². The summed E-state index contributed by atoms with van der Waals surface area (Å²) in [5, 5.41) is 2.79. The van der Waals surface area contributed by atoms with Crippen molar-refractivity contribution in [1.29, 1.82) is 0 Å². The van der Waals surface area contributed by atoms with E-state index in [1.54, 1.807) is 30.2 Å². The predicted octanol–water partition coefficient (Wildman–Crippen LogP) is 1.21. The van der Waals surface area contributed by atoms with E-state index in [1.165, 1.54) is 0 Å². The molecule has 2 amide bonds. The van der Waals surface area contributed by atoms with Crippen LogP contribution in [0.2, 0.25) is 0 Å². The Bertz CT molecular complexity index is 605. The molecule has 0 bridgehead atoms. The van der Waals surface area contributed by atoms with Gasteiger partial charge >= 0.3 is 0 Å². The first kappa shape index (κ1) is 19.2. The van der Waals surface area contributed by atoms with Crippen LogP contribution in [0, 0.1) is 0 Å². The Morgan fingerprint density at radius 2 is 2.20 bits per heavy atom. The molecule has 1 heterocycles. The van der Waals surface area contributed by atoms with Gasteiger partial charge < -0.3 is 24.4 Å². The quantitative estimate of drug-likeness (QED) is 0.748. The SMILES string of the molecule is CCOCC(=O)N1Cc2cc(C(=O)NCCOC)ccc2OC[C@@H]1C. The van der Waals surface area contributed by atoms with E-state index in [0.29, 0.717) is 44.2 Å². The van der Waals surface area contributed by atoms with Crippen molar-refractivity contribution in [2.75, 3.05) is 40.1 Å². The van der Waals surface area contributed by atoms with Gasteiger partial charge in [-0.1, -0.05) is 0 Å². The van der Waals surface area contributed by atoms with E-state index in [4.69, 9.17) is 14.2 Å². The summed E-state index contributed by atoms with van der Waals surface area (Å²) in [6.45, 7) is 6.03. The van der Waals surface area contributed by atoms with Crippen LogP contribution in [0.5, 0.6) is 5.75 Å². The average molecular weight is 350 g/mol. The number of ether oxygens (including phenoxy) is 3. The Balaban J connectivity index is 2.14. The van der Waals surface area contributed by atoms with Crippen LogP contribution in [-0.2, 0) is 20.8 Å². The van der Waals surface area contributed by atoms with Gasteiger partial charge in [0.1, 0.15) is 19.0 Å². The zero-order chi connectivity index (χ0) is 18.2. The monoisotopic (exact) mass is 350 g/mol. The molecule has 0 unspecified atom stereocenters. The van der Waals surface area contributed by atoms with Gasteiger partial charge in [0.25, 0.3) is 5.91 Å². The maximum Gasteiger partial charge on any atom is 0.251 e. The Kier molecular flexibility index (Phi) is 7.21. The highest BCUT2D eigenvalue weighted by Crippen LogP contribution is 2.26. The second kappa shape index (κ2) is 9.39. The molecule has 0 saturated carbocycles. The second-order valence-electron chi connectivity index (χ2n) is 5.89. The van der Waals surface area contributed by atoms with Crippen LogP contribution >= 0.6 is 0 Å². The number of carbonyl (C=O) groups is 2. The first-order valence-electron chi connectivity index (χ1n) is 8.46. The van der Waals surface area contributed by atoms with Crippen molar-refractivity contribution < 1.29 is 23.8 Å². The summed E-state index contributed by atoms with van der Waals surface area (Å²) in [5.74, 6) is 0.442. The third-order valence-electron chi connectivity index (χ3n) is 4.02. The van der Waals surface area contributed by atoms with Crippen LogP contribution in [0.15, 0.2) is 18.2 Å². The number of fused-ring (bicyclic) bond motifs is 1. The lowest BCUT2D eigenvalue weighted by Crippen LogP contribution is -2.41. The molecule has 7 heteroatoms. The molecule has 0 spiro atoms. The highest BCUT2D eigenvalue weighted by atomic mass is 16.5. The van der Waals surface area contributed by atoms with Crippen LogP contribution in [0.1, 0.15) is 29.8 Å². The van der Waals surface area contributed by atoms with Gasteiger partial charge in [-0.3, -0.25) is 9.59 Å². The zero-order valence-electron chi connectivity index (χ0n) is 15.0. The molecule has 0 radical (unpaired) electrons. The van der Waals surface area contributed by atoms with Crippen LogP contribution < -0.4 is 10.1 Å². The van der Waals surface area contributed by atoms with Gasteiger partial charge in [-0.25, -0.2) is 0 Å². The number of carbonyl (C=O) groups excluding carboxylic acids is 2. The fourth-order valence-corrected chi connectivity index (χ4v) is 2.60. The van der Waals surface area contributed by atoms with Gasteiger partial charge in [0.15, 0.2) is 0 Å². The lowest BCUT2D eigenvalue weighted by atomic mass is 10.1. The Morgan fingerprint density at radius 3 is 2.92 bits per heavy atom. The molecule has 1 aliphatic heterocycles. The topological polar surface area (TPSA) is 77.1 Å². The van der Waals surface area contributed by atoms with E-state index in [1.807, 2.05) is 13.8 Å². The van der Waals surface area contributed by atoms with Gasteiger partial charge in [0.2, 0.25) is 5.91 Å². The molecule has 7 nitrogen and oxygen atoms in total. The molecule has 0 aliphatic carbocycles. The molecule has 1 aromatic carbocycles. The molecule has 1 N–H and O–H groups in total. The summed E-state index contributed by atoms with van der Waals surface area (Å²) in [4.78, 5) is 26.3. The lowest BCUT2D eigenvalue weighted by molar-refractivity contribution is -0.139. The third-order valence-corrected chi connectivity index (χ3v) is 4.02. The highest BCUT2D eigenvalue weighted by Gasteiger charge is 2.26. The average Bonchev–Trinajstić information content (AvgIpc) is 2.78. The van der Waals surface area contributed by atoms with Crippen LogP contribution in [0.4, 0.5) is 0 Å². The molecule has 0 saturated heterocycles. The smallest absolute Gasteiger partial charge is 0.251 e. The fraction of sp³-hybridized carbons (Fsp3) is 0.556. The molecule has 1 aromatic rings. The van der Waals surface area contributed by atoms with E-state index < -0.39 is 0 Å². The van der Waals surface area contributed by atoms with Crippen molar-refractivity contribution >= 4 is 11.8 Å². The minimum atomic E-state index is -0.177. The van der Waals surface area contributed by atoms with Crippen molar-refractivity contribution in [3.05, 3.63) is 29.3 Å². The largest absolute Gasteiger partial charge is 0.491 e. The van der Waals surface area contributed by atoms with Gasteiger partial charge in [0, 0.05) is 37.9 Å².